The zero-order valence-electron chi connectivity index (χ0n) is 25.0. The molecule has 0 unspecified atom stereocenters. The first-order chi connectivity index (χ1) is 20.8. The lowest BCUT2D eigenvalue weighted by Gasteiger charge is -2.19. The van der Waals surface area contributed by atoms with Crippen LogP contribution in [0.3, 0.4) is 0 Å². The fourth-order valence-corrected chi connectivity index (χ4v) is 3.79. The Bertz CT molecular complexity index is 1420. The van der Waals surface area contributed by atoms with Crippen LogP contribution in [0.15, 0.2) is 99.3 Å². The maximum atomic E-state index is 14.6. The first-order valence-electron chi connectivity index (χ1n) is 14.3. The highest BCUT2D eigenvalue weighted by Crippen LogP contribution is 2.27. The molecule has 0 saturated heterocycles. The Morgan fingerprint density at radius 1 is 0.791 bits per heavy atom. The molecule has 0 aliphatic carbocycles. The number of rotatable bonds is 16. The van der Waals surface area contributed by atoms with Crippen LogP contribution in [0, 0.1) is 5.82 Å². The maximum Gasteiger partial charge on any atom is 0.338 e. The number of unbranched alkanes of at least 4 members (excludes halogenated alkanes) is 4. The second-order valence-electron chi connectivity index (χ2n) is 9.99. The number of carbonyl (C=O) groups excluding carboxylic acids is 2. The predicted octanol–water partition coefficient (Wildman–Crippen LogP) is 9.34. The molecule has 0 amide bonds. The largest absolute Gasteiger partial charge is 0.462 e. The molecule has 0 aromatic heterocycles. The Labute approximate surface area is 252 Å². The summed E-state index contributed by atoms with van der Waals surface area (Å²) in [4.78, 5) is 25.6. The Balaban J connectivity index is 1.49. The van der Waals surface area contributed by atoms with E-state index in [1.54, 1.807) is 49.4 Å². The van der Waals surface area contributed by atoms with E-state index >= 15 is 0 Å². The van der Waals surface area contributed by atoms with E-state index in [4.69, 9.17) is 9.47 Å². The summed E-state index contributed by atoms with van der Waals surface area (Å²) < 4.78 is 25.1. The molecule has 0 aliphatic rings. The van der Waals surface area contributed by atoms with Gasteiger partial charge in [0.15, 0.2) is 5.82 Å². The standard InChI is InChI=1S/C33H38FN5O4/c1-5-6-7-8-9-21-42-33(41)25-10-12-26(13-11-25)36-38-31-19-16-28(23-30(31)34)37-35-27-14-17-29(18-15-27)39(4)20-22-43-32(40)24(2)3/h10-19,23H,2,5-9,20-22H2,1,3-4H3. The van der Waals surface area contributed by atoms with Gasteiger partial charge in [-0.05, 0) is 74.0 Å². The van der Waals surface area contributed by atoms with E-state index in [1.165, 1.54) is 25.0 Å². The van der Waals surface area contributed by atoms with Gasteiger partial charge in [0.25, 0.3) is 0 Å². The van der Waals surface area contributed by atoms with E-state index in [9.17, 15) is 14.0 Å². The monoisotopic (exact) mass is 587 g/mol. The molecule has 3 aromatic carbocycles. The number of carbonyl (C=O) groups is 2. The van der Waals surface area contributed by atoms with E-state index in [-0.39, 0.29) is 18.3 Å². The van der Waals surface area contributed by atoms with Crippen molar-refractivity contribution in [1.29, 1.82) is 0 Å². The molecule has 0 saturated carbocycles. The SMILES string of the molecule is C=C(C)C(=O)OCCN(C)c1ccc(N=Nc2ccc(N=Nc3ccc(C(=O)OCCCCCCC)cc3)c(F)c2)cc1. The zero-order chi connectivity index (χ0) is 31.0. The highest BCUT2D eigenvalue weighted by Gasteiger charge is 2.08. The molecule has 0 aliphatic heterocycles. The summed E-state index contributed by atoms with van der Waals surface area (Å²) in [6, 6.07) is 18.1. The first kappa shape index (κ1) is 32.8. The van der Waals surface area contributed by atoms with Crippen LogP contribution in [-0.4, -0.2) is 38.7 Å². The van der Waals surface area contributed by atoms with E-state index in [0.717, 1.165) is 24.9 Å². The number of halogens is 1. The molecule has 9 nitrogen and oxygen atoms in total. The lowest BCUT2D eigenvalue weighted by Crippen LogP contribution is -2.23. The van der Waals surface area contributed by atoms with Crippen molar-refractivity contribution in [3.8, 4) is 0 Å². The van der Waals surface area contributed by atoms with Gasteiger partial charge >= 0.3 is 11.9 Å². The third kappa shape index (κ3) is 11.2. The Hall–Kier alpha value is -4.73. The lowest BCUT2D eigenvalue weighted by atomic mass is 10.2. The maximum absolute atomic E-state index is 14.6. The fourth-order valence-electron chi connectivity index (χ4n) is 3.79. The highest BCUT2D eigenvalue weighted by atomic mass is 19.1. The summed E-state index contributed by atoms with van der Waals surface area (Å²) in [5.41, 5.74) is 3.14. The first-order valence-corrected chi connectivity index (χ1v) is 14.3. The van der Waals surface area contributed by atoms with Crippen LogP contribution in [0.1, 0.15) is 56.3 Å². The number of esters is 2. The average Bonchev–Trinajstić information content (AvgIpc) is 3.01. The molecule has 0 N–H and O–H groups in total. The van der Waals surface area contributed by atoms with E-state index in [2.05, 4.69) is 34.0 Å². The molecule has 0 heterocycles. The molecular weight excluding hydrogens is 549 g/mol. The van der Waals surface area contributed by atoms with Gasteiger partial charge < -0.3 is 14.4 Å². The van der Waals surface area contributed by atoms with Crippen LogP contribution in [0.2, 0.25) is 0 Å². The van der Waals surface area contributed by atoms with Gasteiger partial charge in [0.1, 0.15) is 12.3 Å². The molecule has 43 heavy (non-hydrogen) atoms. The van der Waals surface area contributed by atoms with Crippen molar-refractivity contribution in [2.75, 3.05) is 31.7 Å². The van der Waals surface area contributed by atoms with Crippen LogP contribution in [0.4, 0.5) is 32.8 Å². The lowest BCUT2D eigenvalue weighted by molar-refractivity contribution is -0.138. The molecule has 0 atom stereocenters. The van der Waals surface area contributed by atoms with Crippen LogP contribution < -0.4 is 4.90 Å². The van der Waals surface area contributed by atoms with Gasteiger partial charge in [-0.3, -0.25) is 0 Å². The summed E-state index contributed by atoms with van der Waals surface area (Å²) >= 11 is 0. The fraction of sp³-hybridized carbons (Fsp3) is 0.333. The second kappa shape index (κ2) is 17.3. The number of benzene rings is 3. The summed E-state index contributed by atoms with van der Waals surface area (Å²) in [6.07, 6.45) is 5.41. The normalized spacial score (nSPS) is 11.2. The van der Waals surface area contributed by atoms with Crippen LogP contribution in [0.25, 0.3) is 0 Å². The molecule has 0 fully saturated rings. The molecule has 226 valence electrons. The molecule has 3 rings (SSSR count). The minimum Gasteiger partial charge on any atom is -0.462 e. The zero-order valence-corrected chi connectivity index (χ0v) is 25.0. The third-order valence-corrected chi connectivity index (χ3v) is 6.37. The minimum absolute atomic E-state index is 0.0480. The van der Waals surface area contributed by atoms with E-state index in [1.807, 2.05) is 24.1 Å². The quantitative estimate of drug-likeness (QED) is 0.0718. The number of hydrogen-bond donors (Lipinski definition) is 0. The second-order valence-corrected chi connectivity index (χ2v) is 9.99. The van der Waals surface area contributed by atoms with Crippen molar-refractivity contribution >= 4 is 40.4 Å². The van der Waals surface area contributed by atoms with Gasteiger partial charge in [-0.15, -0.1) is 5.11 Å². The minimum atomic E-state index is -0.594. The van der Waals surface area contributed by atoms with Gasteiger partial charge in [-0.2, -0.15) is 15.3 Å². The third-order valence-electron chi connectivity index (χ3n) is 6.37. The number of azo groups is 2. The number of hydrogen-bond acceptors (Lipinski definition) is 9. The van der Waals surface area contributed by atoms with Crippen molar-refractivity contribution in [1.82, 2.24) is 0 Å². The van der Waals surface area contributed by atoms with Gasteiger partial charge in [0, 0.05) is 24.4 Å². The van der Waals surface area contributed by atoms with Crippen molar-refractivity contribution in [2.45, 2.75) is 46.0 Å². The van der Waals surface area contributed by atoms with Crippen LogP contribution in [0.5, 0.6) is 0 Å². The molecule has 0 radical (unpaired) electrons. The number of nitrogens with zero attached hydrogens (tertiary/aromatic N) is 5. The molecule has 0 spiro atoms. The summed E-state index contributed by atoms with van der Waals surface area (Å²) in [5.74, 6) is -1.38. The van der Waals surface area contributed by atoms with Crippen molar-refractivity contribution in [2.24, 2.45) is 20.5 Å². The summed E-state index contributed by atoms with van der Waals surface area (Å²) in [5, 5.41) is 16.3. The van der Waals surface area contributed by atoms with E-state index < -0.39 is 11.8 Å². The number of ether oxygens (including phenoxy) is 2. The van der Waals surface area contributed by atoms with E-state index in [0.29, 0.717) is 41.4 Å². The Kier molecular flexibility index (Phi) is 13.2. The topological polar surface area (TPSA) is 105 Å². The number of likely N-dealkylation sites (N-methyl/N-ethyl adjacent to an activating group) is 1. The predicted molar refractivity (Wildman–Crippen MR) is 166 cm³/mol. The summed E-state index contributed by atoms with van der Waals surface area (Å²) in [7, 11) is 1.88. The average molecular weight is 588 g/mol. The number of anilines is 1. The highest BCUT2D eigenvalue weighted by molar-refractivity contribution is 5.89. The van der Waals surface area contributed by atoms with Gasteiger partial charge in [0.05, 0.1) is 35.8 Å². The molecule has 10 heteroatoms. The van der Waals surface area contributed by atoms with Gasteiger partial charge in [0.2, 0.25) is 0 Å². The van der Waals surface area contributed by atoms with Crippen molar-refractivity contribution < 1.29 is 23.5 Å². The Morgan fingerprint density at radius 3 is 2.05 bits per heavy atom. The van der Waals surface area contributed by atoms with Crippen molar-refractivity contribution in [3.63, 3.8) is 0 Å². The van der Waals surface area contributed by atoms with Crippen LogP contribution >= 0.6 is 0 Å². The smallest absolute Gasteiger partial charge is 0.338 e. The van der Waals surface area contributed by atoms with Gasteiger partial charge in [-0.25, -0.2) is 14.0 Å². The molecular formula is C33H38FN5O4. The van der Waals surface area contributed by atoms with Crippen LogP contribution in [-0.2, 0) is 14.3 Å². The van der Waals surface area contributed by atoms with Gasteiger partial charge in [-0.1, -0.05) is 39.2 Å². The molecule has 3 aromatic rings. The summed E-state index contributed by atoms with van der Waals surface area (Å²) in [6.45, 7) is 8.48. The van der Waals surface area contributed by atoms with Crippen molar-refractivity contribution in [3.05, 3.63) is 90.3 Å². The molecule has 0 bridgehead atoms. The Morgan fingerprint density at radius 2 is 1.40 bits per heavy atom.